The summed E-state index contributed by atoms with van der Waals surface area (Å²) in [5.41, 5.74) is 8.09. The van der Waals surface area contributed by atoms with Gasteiger partial charge in [-0.1, -0.05) is 17.3 Å². The summed E-state index contributed by atoms with van der Waals surface area (Å²) < 4.78 is 18.2. The van der Waals surface area contributed by atoms with Crippen molar-refractivity contribution < 1.29 is 8.91 Å². The Balaban J connectivity index is 2.02. The number of hydrogen-bond acceptors (Lipinski definition) is 3. The summed E-state index contributed by atoms with van der Waals surface area (Å²) in [7, 11) is 0. The highest BCUT2D eigenvalue weighted by Gasteiger charge is 2.26. The molecule has 0 atom stereocenters. The Hall–Kier alpha value is -1.84. The van der Waals surface area contributed by atoms with Gasteiger partial charge in [-0.25, -0.2) is 4.39 Å². The van der Waals surface area contributed by atoms with Gasteiger partial charge in [-0.15, -0.1) is 0 Å². The summed E-state index contributed by atoms with van der Waals surface area (Å²) in [6.45, 7) is 0. The molecule has 1 aromatic heterocycles. The van der Waals surface area contributed by atoms with Gasteiger partial charge in [0.25, 0.3) is 0 Å². The summed E-state index contributed by atoms with van der Waals surface area (Å²) in [5, 5.41) is 3.98. The molecule has 0 amide bonds. The zero-order valence-electron chi connectivity index (χ0n) is 9.32. The third-order valence-electron chi connectivity index (χ3n) is 3.08. The molecule has 0 unspecified atom stereocenters. The van der Waals surface area contributed by atoms with Crippen LogP contribution in [0.25, 0.3) is 11.1 Å². The fourth-order valence-corrected chi connectivity index (χ4v) is 2.03. The summed E-state index contributed by atoms with van der Waals surface area (Å²) in [4.78, 5) is 0. The van der Waals surface area contributed by atoms with E-state index in [-0.39, 0.29) is 11.7 Å². The average Bonchev–Trinajstić information content (AvgIpc) is 3.03. The number of benzene rings is 1. The molecule has 0 bridgehead atoms. The molecule has 3 rings (SSSR count). The zero-order valence-corrected chi connectivity index (χ0v) is 9.32. The normalized spacial score (nSPS) is 15.1. The van der Waals surface area contributed by atoms with Crippen molar-refractivity contribution in [3.8, 4) is 11.1 Å². The van der Waals surface area contributed by atoms with Gasteiger partial charge >= 0.3 is 0 Å². The SMILES string of the molecule is Nc1onc(CC2CC2)c1-c1cccc(F)c1. The van der Waals surface area contributed by atoms with Crippen LogP contribution >= 0.6 is 0 Å². The van der Waals surface area contributed by atoms with Crippen LogP contribution in [0.15, 0.2) is 28.8 Å². The molecule has 1 fully saturated rings. The molecule has 3 nitrogen and oxygen atoms in total. The molecule has 88 valence electrons. The number of aromatic nitrogens is 1. The molecule has 2 N–H and O–H groups in total. The molecule has 0 aliphatic heterocycles. The Morgan fingerprint density at radius 2 is 2.24 bits per heavy atom. The van der Waals surface area contributed by atoms with Crippen molar-refractivity contribution in [3.63, 3.8) is 0 Å². The Morgan fingerprint density at radius 1 is 1.41 bits per heavy atom. The second kappa shape index (κ2) is 3.87. The molecular weight excluding hydrogens is 219 g/mol. The Labute approximate surface area is 98.4 Å². The minimum absolute atomic E-state index is 0.270. The van der Waals surface area contributed by atoms with Crippen LogP contribution in [-0.2, 0) is 6.42 Å². The lowest BCUT2D eigenvalue weighted by molar-refractivity contribution is 0.426. The second-order valence-corrected chi connectivity index (χ2v) is 4.53. The summed E-state index contributed by atoms with van der Waals surface area (Å²) >= 11 is 0. The Bertz CT molecular complexity index is 546. The molecule has 1 saturated carbocycles. The highest BCUT2D eigenvalue weighted by atomic mass is 19.1. The van der Waals surface area contributed by atoms with Gasteiger partial charge in [0.1, 0.15) is 5.82 Å². The summed E-state index contributed by atoms with van der Waals surface area (Å²) in [6.07, 6.45) is 3.33. The van der Waals surface area contributed by atoms with Gasteiger partial charge in [0.2, 0.25) is 5.88 Å². The molecule has 4 heteroatoms. The van der Waals surface area contributed by atoms with E-state index in [2.05, 4.69) is 5.16 Å². The van der Waals surface area contributed by atoms with E-state index in [1.165, 1.54) is 25.0 Å². The van der Waals surface area contributed by atoms with Gasteiger partial charge in [-0.2, -0.15) is 0 Å². The molecule has 0 spiro atoms. The van der Waals surface area contributed by atoms with E-state index in [9.17, 15) is 4.39 Å². The van der Waals surface area contributed by atoms with Gasteiger partial charge < -0.3 is 10.3 Å². The van der Waals surface area contributed by atoms with E-state index in [0.717, 1.165) is 23.2 Å². The quantitative estimate of drug-likeness (QED) is 0.884. The maximum Gasteiger partial charge on any atom is 0.230 e. The van der Waals surface area contributed by atoms with E-state index in [0.29, 0.717) is 5.92 Å². The van der Waals surface area contributed by atoms with Gasteiger partial charge in [0.15, 0.2) is 0 Å². The summed E-state index contributed by atoms with van der Waals surface area (Å²) in [6, 6.07) is 6.35. The van der Waals surface area contributed by atoms with Crippen LogP contribution in [0.3, 0.4) is 0 Å². The maximum absolute atomic E-state index is 13.2. The number of nitrogen functional groups attached to an aromatic ring is 1. The van der Waals surface area contributed by atoms with Crippen LogP contribution in [-0.4, -0.2) is 5.16 Å². The van der Waals surface area contributed by atoms with Crippen LogP contribution < -0.4 is 5.73 Å². The second-order valence-electron chi connectivity index (χ2n) is 4.53. The average molecular weight is 232 g/mol. The molecule has 1 heterocycles. The molecule has 1 aliphatic rings. The predicted octanol–water partition coefficient (Wildman–Crippen LogP) is 3.02. The van der Waals surface area contributed by atoms with Crippen LogP contribution in [0, 0.1) is 11.7 Å². The fraction of sp³-hybridized carbons (Fsp3) is 0.308. The minimum atomic E-state index is -0.277. The third-order valence-corrected chi connectivity index (χ3v) is 3.08. The molecule has 1 aliphatic carbocycles. The van der Waals surface area contributed by atoms with Crippen molar-refractivity contribution in [2.45, 2.75) is 19.3 Å². The van der Waals surface area contributed by atoms with E-state index in [1.54, 1.807) is 6.07 Å². The smallest absolute Gasteiger partial charge is 0.230 e. The first-order valence-electron chi connectivity index (χ1n) is 5.74. The molecule has 0 radical (unpaired) electrons. The van der Waals surface area contributed by atoms with Crippen molar-refractivity contribution in [2.24, 2.45) is 5.92 Å². The van der Waals surface area contributed by atoms with Crippen LogP contribution in [0.2, 0.25) is 0 Å². The maximum atomic E-state index is 13.2. The highest BCUT2D eigenvalue weighted by molar-refractivity contribution is 5.75. The van der Waals surface area contributed by atoms with E-state index in [1.807, 2.05) is 6.07 Å². The number of rotatable bonds is 3. The Kier molecular flexibility index (Phi) is 2.35. The first kappa shape index (κ1) is 10.3. The minimum Gasteiger partial charge on any atom is -0.367 e. The van der Waals surface area contributed by atoms with Crippen molar-refractivity contribution in [1.29, 1.82) is 0 Å². The van der Waals surface area contributed by atoms with Crippen LogP contribution in [0.5, 0.6) is 0 Å². The number of nitrogens with two attached hydrogens (primary N) is 1. The summed E-state index contributed by atoms with van der Waals surface area (Å²) in [5.74, 6) is 0.679. The molecule has 1 aromatic carbocycles. The van der Waals surface area contributed by atoms with Gasteiger partial charge in [-0.05, 0) is 42.9 Å². The standard InChI is InChI=1S/C13H13FN2O/c14-10-3-1-2-9(7-10)12-11(6-8-4-5-8)16-17-13(12)15/h1-3,7-8H,4-6,15H2. The monoisotopic (exact) mass is 232 g/mol. The van der Waals surface area contributed by atoms with E-state index >= 15 is 0 Å². The van der Waals surface area contributed by atoms with Crippen molar-refractivity contribution >= 4 is 5.88 Å². The van der Waals surface area contributed by atoms with E-state index < -0.39 is 0 Å². The zero-order chi connectivity index (χ0) is 11.8. The van der Waals surface area contributed by atoms with Crippen LogP contribution in [0.1, 0.15) is 18.5 Å². The van der Waals surface area contributed by atoms with Crippen molar-refractivity contribution in [1.82, 2.24) is 5.16 Å². The number of nitrogens with zero attached hydrogens (tertiary/aromatic N) is 1. The lowest BCUT2D eigenvalue weighted by Gasteiger charge is -2.01. The molecule has 0 saturated heterocycles. The highest BCUT2D eigenvalue weighted by Crippen LogP contribution is 2.37. The lowest BCUT2D eigenvalue weighted by Crippen LogP contribution is -1.93. The van der Waals surface area contributed by atoms with E-state index in [4.69, 9.17) is 10.3 Å². The fourth-order valence-electron chi connectivity index (χ4n) is 2.03. The van der Waals surface area contributed by atoms with Gasteiger partial charge in [0, 0.05) is 0 Å². The van der Waals surface area contributed by atoms with Crippen molar-refractivity contribution in [2.75, 3.05) is 5.73 Å². The molecule has 17 heavy (non-hydrogen) atoms. The number of hydrogen-bond donors (Lipinski definition) is 1. The predicted molar refractivity (Wildman–Crippen MR) is 62.7 cm³/mol. The van der Waals surface area contributed by atoms with Crippen molar-refractivity contribution in [3.05, 3.63) is 35.8 Å². The molecule has 2 aromatic rings. The topological polar surface area (TPSA) is 52.0 Å². The first-order valence-corrected chi connectivity index (χ1v) is 5.74. The largest absolute Gasteiger partial charge is 0.367 e. The number of anilines is 1. The molecular formula is C13H13FN2O. The van der Waals surface area contributed by atoms with Gasteiger partial charge in [-0.3, -0.25) is 0 Å². The Morgan fingerprint density at radius 3 is 2.94 bits per heavy atom. The lowest BCUT2D eigenvalue weighted by atomic mass is 10.0. The first-order chi connectivity index (χ1) is 8.24. The third kappa shape index (κ3) is 2.02. The van der Waals surface area contributed by atoms with Crippen LogP contribution in [0.4, 0.5) is 10.3 Å². The van der Waals surface area contributed by atoms with Gasteiger partial charge in [0.05, 0.1) is 11.3 Å². The number of halogens is 1.